The molecule has 0 bridgehead atoms. The van der Waals surface area contributed by atoms with Crippen molar-refractivity contribution in [2.45, 2.75) is 4.90 Å². The van der Waals surface area contributed by atoms with Gasteiger partial charge in [0.15, 0.2) is 0 Å². The molecule has 1 rings (SSSR count). The molecule has 1 aromatic carbocycles. The van der Waals surface area contributed by atoms with Crippen LogP contribution >= 0.6 is 0 Å². The zero-order valence-electron chi connectivity index (χ0n) is 24.3. The molecule has 0 fully saturated rings. The van der Waals surface area contributed by atoms with E-state index in [9.17, 15) is 8.42 Å². The molecule has 0 spiro atoms. The van der Waals surface area contributed by atoms with E-state index in [4.69, 9.17) is 46.8 Å². The number of benzene rings is 1. The topological polar surface area (TPSA) is 138 Å². The Morgan fingerprint density at radius 2 is 0.756 bits per heavy atom. The van der Waals surface area contributed by atoms with Crippen molar-refractivity contribution in [3.8, 4) is 0 Å². The van der Waals surface area contributed by atoms with Crippen LogP contribution in [0.4, 0.5) is 0 Å². The van der Waals surface area contributed by atoms with Gasteiger partial charge in [-0.3, -0.25) is 4.18 Å². The largest absolute Gasteiger partial charge is 0.378 e. The molecule has 41 heavy (non-hydrogen) atoms. The van der Waals surface area contributed by atoms with Crippen molar-refractivity contribution in [1.82, 2.24) is 5.32 Å². The number of likely N-dealkylation sites (N-methyl/N-ethyl adjacent to an activating group) is 1. The van der Waals surface area contributed by atoms with Crippen molar-refractivity contribution in [2.24, 2.45) is 0 Å². The predicted octanol–water partition coefficient (Wildman–Crippen LogP) is 0.761. The first kappa shape index (κ1) is 37.8. The molecule has 0 aliphatic carbocycles. The first-order valence-corrected chi connectivity index (χ1v) is 15.4. The summed E-state index contributed by atoms with van der Waals surface area (Å²) in [5.41, 5.74) is 0. The Morgan fingerprint density at radius 3 is 1.07 bits per heavy atom. The predicted molar refractivity (Wildman–Crippen MR) is 151 cm³/mol. The van der Waals surface area contributed by atoms with E-state index >= 15 is 0 Å². The van der Waals surface area contributed by atoms with E-state index in [-0.39, 0.29) is 18.1 Å². The van der Waals surface area contributed by atoms with Crippen LogP contribution in [0.3, 0.4) is 0 Å². The highest BCUT2D eigenvalue weighted by atomic mass is 32.2. The first-order chi connectivity index (χ1) is 20.2. The SMILES string of the molecule is CNCCOCCOCCOCCOCCOCCOCCOCCOCCOCCOS(=O)(=O)c1ccccc1. The zero-order valence-corrected chi connectivity index (χ0v) is 25.2. The molecule has 1 aromatic rings. The minimum Gasteiger partial charge on any atom is -0.378 e. The normalized spacial score (nSPS) is 11.8. The fourth-order valence-electron chi connectivity index (χ4n) is 2.89. The molecule has 1 N–H and O–H groups in total. The molecule has 240 valence electrons. The van der Waals surface area contributed by atoms with E-state index in [0.29, 0.717) is 112 Å². The fraction of sp³-hybridized carbons (Fsp3) is 0.778. The van der Waals surface area contributed by atoms with E-state index in [1.165, 1.54) is 12.1 Å². The Kier molecular flexibility index (Phi) is 26.5. The lowest BCUT2D eigenvalue weighted by atomic mass is 10.4. The first-order valence-electron chi connectivity index (χ1n) is 14.0. The second kappa shape index (κ2) is 28.8. The Balaban J connectivity index is 1.68. The van der Waals surface area contributed by atoms with Gasteiger partial charge in [0.05, 0.1) is 130 Å². The summed E-state index contributed by atoms with van der Waals surface area (Å²) in [6.07, 6.45) is 0. The molecule has 0 unspecified atom stereocenters. The molecule has 14 heteroatoms. The summed E-state index contributed by atoms with van der Waals surface area (Å²) in [6, 6.07) is 7.98. The molecule has 0 aliphatic rings. The lowest BCUT2D eigenvalue weighted by Crippen LogP contribution is -2.17. The van der Waals surface area contributed by atoms with Crippen LogP contribution in [-0.2, 0) is 56.9 Å². The van der Waals surface area contributed by atoms with Crippen molar-refractivity contribution >= 4 is 10.1 Å². The molecular formula is C27H49NO12S. The van der Waals surface area contributed by atoms with Crippen molar-refractivity contribution < 1.29 is 55.2 Å². The van der Waals surface area contributed by atoms with E-state index in [1.807, 2.05) is 7.05 Å². The van der Waals surface area contributed by atoms with Gasteiger partial charge in [-0.25, -0.2) is 0 Å². The molecular weight excluding hydrogens is 562 g/mol. The maximum atomic E-state index is 11.9. The minimum absolute atomic E-state index is 0.0549. The molecule has 0 saturated carbocycles. The van der Waals surface area contributed by atoms with Crippen LogP contribution in [0.1, 0.15) is 0 Å². The molecule has 0 radical (unpaired) electrons. The lowest BCUT2D eigenvalue weighted by Gasteiger charge is -2.09. The van der Waals surface area contributed by atoms with E-state index < -0.39 is 10.1 Å². The number of ether oxygens (including phenoxy) is 9. The van der Waals surface area contributed by atoms with Crippen LogP contribution in [-0.4, -0.2) is 148 Å². The molecule has 0 atom stereocenters. The number of nitrogens with one attached hydrogen (secondary N) is 1. The molecule has 0 amide bonds. The standard InChI is InChI=1S/C27H49NO12S/c1-28-7-8-31-9-10-32-11-12-33-13-14-34-15-16-35-17-18-36-19-20-37-21-22-38-23-24-39-25-26-40-41(29,30)27-5-3-2-4-6-27/h2-6,28H,7-26H2,1H3. The van der Waals surface area contributed by atoms with Crippen molar-refractivity contribution in [1.29, 1.82) is 0 Å². The van der Waals surface area contributed by atoms with Crippen LogP contribution in [0.15, 0.2) is 35.2 Å². The summed E-state index contributed by atoms with van der Waals surface area (Å²) in [4.78, 5) is 0.123. The van der Waals surface area contributed by atoms with Gasteiger partial charge in [-0.05, 0) is 19.2 Å². The summed E-state index contributed by atoms with van der Waals surface area (Å²) in [5, 5.41) is 3.01. The number of hydrogen-bond donors (Lipinski definition) is 1. The van der Waals surface area contributed by atoms with Crippen molar-refractivity contribution in [3.05, 3.63) is 30.3 Å². The zero-order chi connectivity index (χ0) is 29.5. The Morgan fingerprint density at radius 1 is 0.463 bits per heavy atom. The van der Waals surface area contributed by atoms with E-state index in [1.54, 1.807) is 18.2 Å². The second-order valence-corrected chi connectivity index (χ2v) is 9.82. The highest BCUT2D eigenvalue weighted by molar-refractivity contribution is 7.86. The maximum absolute atomic E-state index is 11.9. The maximum Gasteiger partial charge on any atom is 0.297 e. The molecule has 0 aromatic heterocycles. The summed E-state index contributed by atoms with van der Waals surface area (Å²) in [7, 11) is -1.86. The van der Waals surface area contributed by atoms with Gasteiger partial charge in [-0.2, -0.15) is 8.42 Å². The third-order valence-electron chi connectivity index (χ3n) is 4.97. The fourth-order valence-corrected chi connectivity index (χ4v) is 3.81. The monoisotopic (exact) mass is 611 g/mol. The number of hydrogen-bond acceptors (Lipinski definition) is 13. The van der Waals surface area contributed by atoms with Crippen LogP contribution < -0.4 is 5.32 Å². The minimum atomic E-state index is -3.75. The van der Waals surface area contributed by atoms with Gasteiger partial charge in [0.1, 0.15) is 0 Å². The average Bonchev–Trinajstić information content (AvgIpc) is 2.98. The highest BCUT2D eigenvalue weighted by Crippen LogP contribution is 2.10. The van der Waals surface area contributed by atoms with E-state index in [0.717, 1.165) is 6.54 Å². The summed E-state index contributed by atoms with van der Waals surface area (Å²) in [5.74, 6) is 0. The summed E-state index contributed by atoms with van der Waals surface area (Å²) >= 11 is 0. The molecule has 0 saturated heterocycles. The summed E-state index contributed by atoms with van der Waals surface area (Å²) in [6.45, 7) is 9.36. The second-order valence-electron chi connectivity index (χ2n) is 8.20. The van der Waals surface area contributed by atoms with Crippen molar-refractivity contribution in [2.75, 3.05) is 139 Å². The quantitative estimate of drug-likeness (QED) is 0.0907. The number of rotatable bonds is 32. The van der Waals surface area contributed by atoms with Gasteiger partial charge >= 0.3 is 0 Å². The Labute approximate surface area is 245 Å². The molecule has 0 heterocycles. The van der Waals surface area contributed by atoms with Crippen LogP contribution in [0, 0.1) is 0 Å². The molecule has 13 nitrogen and oxygen atoms in total. The third kappa shape index (κ3) is 25.0. The summed E-state index contributed by atoms with van der Waals surface area (Å²) < 4.78 is 77.5. The Bertz CT molecular complexity index is 773. The van der Waals surface area contributed by atoms with Gasteiger partial charge < -0.3 is 47.9 Å². The smallest absolute Gasteiger partial charge is 0.297 e. The van der Waals surface area contributed by atoms with Gasteiger partial charge in [0.2, 0.25) is 0 Å². The van der Waals surface area contributed by atoms with Crippen LogP contribution in [0.5, 0.6) is 0 Å². The van der Waals surface area contributed by atoms with Gasteiger partial charge in [0.25, 0.3) is 10.1 Å². The Hall–Kier alpha value is -1.27. The average molecular weight is 612 g/mol. The van der Waals surface area contributed by atoms with E-state index in [2.05, 4.69) is 5.32 Å². The van der Waals surface area contributed by atoms with Crippen molar-refractivity contribution in [3.63, 3.8) is 0 Å². The van der Waals surface area contributed by atoms with Gasteiger partial charge in [-0.15, -0.1) is 0 Å². The molecule has 0 aliphatic heterocycles. The van der Waals surface area contributed by atoms with Crippen LogP contribution in [0.2, 0.25) is 0 Å². The lowest BCUT2D eigenvalue weighted by molar-refractivity contribution is -0.0253. The van der Waals surface area contributed by atoms with Gasteiger partial charge in [0, 0.05) is 6.54 Å². The highest BCUT2D eigenvalue weighted by Gasteiger charge is 2.13. The van der Waals surface area contributed by atoms with Crippen LogP contribution in [0.25, 0.3) is 0 Å². The van der Waals surface area contributed by atoms with Gasteiger partial charge in [-0.1, -0.05) is 18.2 Å². The third-order valence-corrected chi connectivity index (χ3v) is 6.30.